The van der Waals surface area contributed by atoms with Gasteiger partial charge < -0.3 is 9.88 Å². The number of nitrogens with zero attached hydrogens (tertiary/aromatic N) is 5. The van der Waals surface area contributed by atoms with E-state index < -0.39 is 0 Å². The highest BCUT2D eigenvalue weighted by Gasteiger charge is 2.15. The predicted molar refractivity (Wildman–Crippen MR) is 113 cm³/mol. The van der Waals surface area contributed by atoms with Crippen LogP contribution in [0, 0.1) is 6.92 Å². The van der Waals surface area contributed by atoms with E-state index in [0.29, 0.717) is 16.1 Å². The van der Waals surface area contributed by atoms with Crippen molar-refractivity contribution >= 4 is 45.7 Å². The molecule has 2 heterocycles. The third kappa shape index (κ3) is 5.61. The van der Waals surface area contributed by atoms with Crippen LogP contribution in [0.1, 0.15) is 23.3 Å². The molecule has 1 aromatic carbocycles. The van der Waals surface area contributed by atoms with Gasteiger partial charge in [0.1, 0.15) is 10.8 Å². The second kappa shape index (κ2) is 9.61. The standard InChI is InChI=1S/C18H21N7O2S2/c1-4-16-22-23-17(29-16)20-15(27)10-28-18-24-21-13(25(18)3)9-14(26)19-12-8-6-5-7-11(12)2/h5-8H,4,9-10H2,1-3H3,(H,19,26)(H,20,23,27). The fourth-order valence-corrected chi connectivity index (χ4v) is 3.83. The van der Waals surface area contributed by atoms with Crippen LogP contribution in [0.5, 0.6) is 0 Å². The molecule has 0 atom stereocenters. The molecule has 2 aromatic heterocycles. The number of aromatic nitrogens is 5. The van der Waals surface area contributed by atoms with Crippen molar-refractivity contribution in [2.24, 2.45) is 7.05 Å². The number of carbonyl (C=O) groups is 2. The number of anilines is 2. The van der Waals surface area contributed by atoms with Gasteiger partial charge in [-0.3, -0.25) is 14.9 Å². The van der Waals surface area contributed by atoms with Crippen LogP contribution in [0.2, 0.25) is 0 Å². The monoisotopic (exact) mass is 431 g/mol. The first kappa shape index (κ1) is 20.9. The molecule has 0 spiro atoms. The number of hydrogen-bond acceptors (Lipinski definition) is 8. The molecule has 0 saturated heterocycles. The van der Waals surface area contributed by atoms with E-state index in [2.05, 4.69) is 31.0 Å². The molecule has 9 nitrogen and oxygen atoms in total. The SMILES string of the molecule is CCc1nnc(NC(=O)CSc2nnc(CC(=O)Nc3ccccc3C)n2C)s1. The molecule has 0 unspecified atom stereocenters. The summed E-state index contributed by atoms with van der Waals surface area (Å²) in [6.45, 7) is 3.91. The van der Waals surface area contributed by atoms with Crippen molar-refractivity contribution in [2.75, 3.05) is 16.4 Å². The van der Waals surface area contributed by atoms with Gasteiger partial charge in [0.05, 0.1) is 12.2 Å². The molecule has 0 saturated carbocycles. The van der Waals surface area contributed by atoms with Crippen molar-refractivity contribution in [3.8, 4) is 0 Å². The highest BCUT2D eigenvalue weighted by molar-refractivity contribution is 7.99. The summed E-state index contributed by atoms with van der Waals surface area (Å²) < 4.78 is 1.72. The summed E-state index contributed by atoms with van der Waals surface area (Å²) in [5.41, 5.74) is 1.76. The minimum absolute atomic E-state index is 0.0924. The maximum absolute atomic E-state index is 12.3. The number of aryl methyl sites for hydroxylation is 2. The van der Waals surface area contributed by atoms with Crippen LogP contribution < -0.4 is 10.6 Å². The summed E-state index contributed by atoms with van der Waals surface area (Å²) in [5, 5.41) is 23.6. The first-order chi connectivity index (χ1) is 14.0. The first-order valence-corrected chi connectivity index (χ1v) is 10.7. The molecule has 0 aliphatic rings. The quantitative estimate of drug-likeness (QED) is 0.527. The second-order valence-electron chi connectivity index (χ2n) is 6.19. The molecule has 3 rings (SSSR count). The molecule has 2 N–H and O–H groups in total. The Morgan fingerprint density at radius 1 is 1.10 bits per heavy atom. The lowest BCUT2D eigenvalue weighted by molar-refractivity contribution is -0.116. The van der Waals surface area contributed by atoms with Crippen LogP contribution in [-0.4, -0.2) is 42.5 Å². The number of benzene rings is 1. The van der Waals surface area contributed by atoms with Crippen LogP contribution in [0.3, 0.4) is 0 Å². The Hall–Kier alpha value is -2.79. The molecular formula is C18H21N7O2S2. The predicted octanol–water partition coefficient (Wildman–Crippen LogP) is 2.45. The summed E-state index contributed by atoms with van der Waals surface area (Å²) in [5.74, 6) is 0.307. The highest BCUT2D eigenvalue weighted by Crippen LogP contribution is 2.19. The third-order valence-corrected chi connectivity index (χ3v) is 6.01. The number of amides is 2. The lowest BCUT2D eigenvalue weighted by atomic mass is 10.2. The van der Waals surface area contributed by atoms with Crippen LogP contribution in [0.4, 0.5) is 10.8 Å². The van der Waals surface area contributed by atoms with E-state index in [1.54, 1.807) is 11.6 Å². The smallest absolute Gasteiger partial charge is 0.236 e. The van der Waals surface area contributed by atoms with Crippen molar-refractivity contribution in [1.82, 2.24) is 25.0 Å². The van der Waals surface area contributed by atoms with Crippen molar-refractivity contribution in [1.29, 1.82) is 0 Å². The molecule has 11 heteroatoms. The minimum atomic E-state index is -0.198. The molecule has 152 valence electrons. The zero-order valence-corrected chi connectivity index (χ0v) is 17.9. The van der Waals surface area contributed by atoms with E-state index in [1.165, 1.54) is 23.1 Å². The number of thioether (sulfide) groups is 1. The van der Waals surface area contributed by atoms with Crippen molar-refractivity contribution in [2.45, 2.75) is 31.8 Å². The average Bonchev–Trinajstić information content (AvgIpc) is 3.29. The van der Waals surface area contributed by atoms with Crippen LogP contribution >= 0.6 is 23.1 Å². The van der Waals surface area contributed by atoms with Gasteiger partial charge in [0.15, 0.2) is 5.16 Å². The zero-order chi connectivity index (χ0) is 20.8. The van der Waals surface area contributed by atoms with Gasteiger partial charge in [-0.05, 0) is 25.0 Å². The Balaban J connectivity index is 1.52. The van der Waals surface area contributed by atoms with E-state index in [-0.39, 0.29) is 24.0 Å². The summed E-state index contributed by atoms with van der Waals surface area (Å²) >= 11 is 2.60. The lowest BCUT2D eigenvalue weighted by Gasteiger charge is -2.08. The van der Waals surface area contributed by atoms with Gasteiger partial charge in [0.25, 0.3) is 0 Å². The van der Waals surface area contributed by atoms with Gasteiger partial charge in [0, 0.05) is 12.7 Å². The first-order valence-electron chi connectivity index (χ1n) is 8.95. The van der Waals surface area contributed by atoms with E-state index in [1.807, 2.05) is 38.1 Å². The number of carbonyl (C=O) groups excluding carboxylic acids is 2. The molecule has 2 amide bonds. The molecule has 0 bridgehead atoms. The van der Waals surface area contributed by atoms with Crippen molar-refractivity contribution in [3.05, 3.63) is 40.7 Å². The summed E-state index contributed by atoms with van der Waals surface area (Å²) in [6.07, 6.45) is 0.872. The maximum Gasteiger partial charge on any atom is 0.236 e. The Kier molecular flexibility index (Phi) is 6.94. The number of hydrogen-bond donors (Lipinski definition) is 2. The van der Waals surface area contributed by atoms with Crippen LogP contribution in [0.25, 0.3) is 0 Å². The normalized spacial score (nSPS) is 10.7. The largest absolute Gasteiger partial charge is 0.325 e. The number of para-hydroxylation sites is 1. The van der Waals surface area contributed by atoms with Gasteiger partial charge in [0.2, 0.25) is 16.9 Å². The molecule has 0 radical (unpaired) electrons. The number of rotatable bonds is 8. The summed E-state index contributed by atoms with van der Waals surface area (Å²) in [6, 6.07) is 7.57. The molecule has 0 aliphatic carbocycles. The van der Waals surface area contributed by atoms with E-state index in [4.69, 9.17) is 0 Å². The van der Waals surface area contributed by atoms with Gasteiger partial charge in [-0.1, -0.05) is 48.2 Å². The zero-order valence-electron chi connectivity index (χ0n) is 16.3. The second-order valence-corrected chi connectivity index (χ2v) is 8.19. The summed E-state index contributed by atoms with van der Waals surface area (Å²) in [7, 11) is 1.77. The Morgan fingerprint density at radius 2 is 1.90 bits per heavy atom. The third-order valence-electron chi connectivity index (χ3n) is 4.01. The lowest BCUT2D eigenvalue weighted by Crippen LogP contribution is -2.17. The van der Waals surface area contributed by atoms with Crippen LogP contribution in [-0.2, 0) is 29.5 Å². The minimum Gasteiger partial charge on any atom is -0.325 e. The Labute approximate surface area is 176 Å². The topological polar surface area (TPSA) is 115 Å². The maximum atomic E-state index is 12.3. The van der Waals surface area contributed by atoms with Crippen LogP contribution in [0.15, 0.2) is 29.4 Å². The van der Waals surface area contributed by atoms with Crippen molar-refractivity contribution < 1.29 is 9.59 Å². The molecule has 0 aliphatic heterocycles. The van der Waals surface area contributed by atoms with Gasteiger partial charge in [-0.15, -0.1) is 20.4 Å². The van der Waals surface area contributed by atoms with Gasteiger partial charge in [-0.2, -0.15) is 0 Å². The van der Waals surface area contributed by atoms with E-state index in [0.717, 1.165) is 22.7 Å². The molecule has 0 fully saturated rings. The van der Waals surface area contributed by atoms with E-state index in [9.17, 15) is 9.59 Å². The Bertz CT molecular complexity index is 1020. The number of nitrogens with one attached hydrogen (secondary N) is 2. The fraction of sp³-hybridized carbons (Fsp3) is 0.333. The molecular weight excluding hydrogens is 410 g/mol. The molecule has 3 aromatic rings. The average molecular weight is 432 g/mol. The summed E-state index contributed by atoms with van der Waals surface area (Å²) in [4.78, 5) is 24.4. The fourth-order valence-electron chi connectivity index (χ4n) is 2.41. The Morgan fingerprint density at radius 3 is 2.62 bits per heavy atom. The van der Waals surface area contributed by atoms with Gasteiger partial charge >= 0.3 is 0 Å². The van der Waals surface area contributed by atoms with Crippen molar-refractivity contribution in [3.63, 3.8) is 0 Å². The highest BCUT2D eigenvalue weighted by atomic mass is 32.2. The molecule has 29 heavy (non-hydrogen) atoms. The van der Waals surface area contributed by atoms with Gasteiger partial charge in [-0.25, -0.2) is 0 Å². The van der Waals surface area contributed by atoms with E-state index >= 15 is 0 Å².